The lowest BCUT2D eigenvalue weighted by Gasteiger charge is -2.03. The van der Waals surface area contributed by atoms with Gasteiger partial charge in [-0.05, 0) is 31.5 Å². The van der Waals surface area contributed by atoms with Crippen LogP contribution >= 0.6 is 11.8 Å². The Morgan fingerprint density at radius 3 is 2.87 bits per heavy atom. The van der Waals surface area contributed by atoms with Gasteiger partial charge in [-0.15, -0.1) is 11.8 Å². The van der Waals surface area contributed by atoms with Crippen LogP contribution in [0.5, 0.6) is 0 Å². The number of fused-ring (bicyclic) bond motifs is 1. The third kappa shape index (κ3) is 1.77. The number of rotatable bonds is 3. The van der Waals surface area contributed by atoms with Gasteiger partial charge in [0.25, 0.3) is 0 Å². The minimum atomic E-state index is 0.916. The summed E-state index contributed by atoms with van der Waals surface area (Å²) in [6.45, 7) is 0.916. The van der Waals surface area contributed by atoms with Gasteiger partial charge in [-0.25, -0.2) is 0 Å². The van der Waals surface area contributed by atoms with Crippen LogP contribution in [0.2, 0.25) is 0 Å². The second kappa shape index (κ2) is 4.29. The molecule has 80 valence electrons. The molecule has 0 atom stereocenters. The Hall–Kier alpha value is -0.930. The fourth-order valence-electron chi connectivity index (χ4n) is 1.92. The van der Waals surface area contributed by atoms with Gasteiger partial charge in [0.2, 0.25) is 0 Å². The highest BCUT2D eigenvalue weighted by Gasteiger charge is 2.07. The second-order valence-corrected chi connectivity index (χ2v) is 4.47. The highest BCUT2D eigenvalue weighted by atomic mass is 32.2. The van der Waals surface area contributed by atoms with Crippen LogP contribution in [0, 0.1) is 0 Å². The molecule has 0 aliphatic heterocycles. The molecule has 1 heterocycles. The van der Waals surface area contributed by atoms with Crippen LogP contribution in [0.1, 0.15) is 5.69 Å². The van der Waals surface area contributed by atoms with Crippen molar-refractivity contribution in [2.24, 2.45) is 7.05 Å². The molecule has 2 nitrogen and oxygen atoms in total. The monoisotopic (exact) mass is 220 g/mol. The largest absolute Gasteiger partial charge is 0.346 e. The minimum absolute atomic E-state index is 0.916. The summed E-state index contributed by atoms with van der Waals surface area (Å²) >= 11 is 1.80. The van der Waals surface area contributed by atoms with Crippen LogP contribution in [0.4, 0.5) is 0 Å². The Bertz CT molecular complexity index is 474. The summed E-state index contributed by atoms with van der Waals surface area (Å²) in [6.07, 6.45) is 2.12. The van der Waals surface area contributed by atoms with Crippen molar-refractivity contribution >= 4 is 22.7 Å². The molecular formula is C12H16N2S. The van der Waals surface area contributed by atoms with Gasteiger partial charge in [0.1, 0.15) is 0 Å². The summed E-state index contributed by atoms with van der Waals surface area (Å²) in [7, 11) is 4.10. The van der Waals surface area contributed by atoms with E-state index in [9.17, 15) is 0 Å². The van der Waals surface area contributed by atoms with Crippen molar-refractivity contribution in [3.8, 4) is 0 Å². The SMILES string of the molecule is CNCc1cc2c(SC)cccc2n1C. The predicted octanol–water partition coefficient (Wildman–Crippen LogP) is 2.62. The van der Waals surface area contributed by atoms with Crippen LogP contribution < -0.4 is 5.32 Å². The minimum Gasteiger partial charge on any atom is -0.346 e. The Morgan fingerprint density at radius 1 is 1.40 bits per heavy atom. The lowest BCUT2D eigenvalue weighted by atomic mass is 10.2. The average molecular weight is 220 g/mol. The Labute approximate surface area is 94.7 Å². The Kier molecular flexibility index (Phi) is 3.03. The summed E-state index contributed by atoms with van der Waals surface area (Å²) in [5.41, 5.74) is 2.64. The second-order valence-electron chi connectivity index (χ2n) is 3.62. The number of nitrogens with one attached hydrogen (secondary N) is 1. The summed E-state index contributed by atoms with van der Waals surface area (Å²) in [5, 5.41) is 4.55. The molecule has 0 bridgehead atoms. The van der Waals surface area contributed by atoms with E-state index in [0.717, 1.165) is 6.54 Å². The van der Waals surface area contributed by atoms with E-state index < -0.39 is 0 Å². The van der Waals surface area contributed by atoms with E-state index in [2.05, 4.69) is 47.5 Å². The first-order chi connectivity index (χ1) is 7.27. The van der Waals surface area contributed by atoms with Crippen LogP contribution in [-0.4, -0.2) is 17.9 Å². The normalized spacial score (nSPS) is 11.1. The molecule has 2 aromatic rings. The van der Waals surface area contributed by atoms with Gasteiger partial charge in [-0.3, -0.25) is 0 Å². The van der Waals surface area contributed by atoms with Crippen molar-refractivity contribution in [1.82, 2.24) is 9.88 Å². The standard InChI is InChI=1S/C12H16N2S/c1-13-8-9-7-10-11(14(9)2)5-4-6-12(10)15-3/h4-7,13H,8H2,1-3H3. The van der Waals surface area contributed by atoms with E-state index in [-0.39, 0.29) is 0 Å². The lowest BCUT2D eigenvalue weighted by Crippen LogP contribution is -2.08. The van der Waals surface area contributed by atoms with E-state index in [1.807, 2.05) is 7.05 Å². The molecule has 0 saturated carbocycles. The van der Waals surface area contributed by atoms with Crippen LogP contribution in [-0.2, 0) is 13.6 Å². The van der Waals surface area contributed by atoms with Gasteiger partial charge < -0.3 is 9.88 Å². The Morgan fingerprint density at radius 2 is 2.20 bits per heavy atom. The quantitative estimate of drug-likeness (QED) is 0.801. The number of hydrogen-bond acceptors (Lipinski definition) is 2. The first-order valence-corrected chi connectivity index (χ1v) is 6.26. The van der Waals surface area contributed by atoms with Gasteiger partial charge in [-0.2, -0.15) is 0 Å². The molecule has 2 rings (SSSR count). The topological polar surface area (TPSA) is 17.0 Å². The van der Waals surface area contributed by atoms with E-state index in [0.29, 0.717) is 0 Å². The van der Waals surface area contributed by atoms with E-state index in [1.54, 1.807) is 11.8 Å². The molecule has 0 fully saturated rings. The number of hydrogen-bond donors (Lipinski definition) is 1. The molecule has 0 unspecified atom stereocenters. The van der Waals surface area contributed by atoms with Crippen molar-refractivity contribution in [2.45, 2.75) is 11.4 Å². The third-order valence-electron chi connectivity index (χ3n) is 2.72. The molecule has 1 N–H and O–H groups in total. The molecule has 0 spiro atoms. The number of nitrogens with zero attached hydrogens (tertiary/aromatic N) is 1. The molecular weight excluding hydrogens is 204 g/mol. The van der Waals surface area contributed by atoms with Crippen molar-refractivity contribution in [2.75, 3.05) is 13.3 Å². The highest BCUT2D eigenvalue weighted by molar-refractivity contribution is 7.98. The molecule has 0 saturated heterocycles. The number of benzene rings is 1. The van der Waals surface area contributed by atoms with Gasteiger partial charge in [0, 0.05) is 35.1 Å². The highest BCUT2D eigenvalue weighted by Crippen LogP contribution is 2.28. The van der Waals surface area contributed by atoms with Gasteiger partial charge in [0.05, 0.1) is 0 Å². The van der Waals surface area contributed by atoms with Gasteiger partial charge in [0.15, 0.2) is 0 Å². The van der Waals surface area contributed by atoms with E-state index in [1.165, 1.54) is 21.5 Å². The van der Waals surface area contributed by atoms with Crippen molar-refractivity contribution < 1.29 is 0 Å². The molecule has 0 aliphatic carbocycles. The van der Waals surface area contributed by atoms with Gasteiger partial charge in [-0.1, -0.05) is 6.07 Å². The van der Waals surface area contributed by atoms with Crippen LogP contribution in [0.3, 0.4) is 0 Å². The molecule has 1 aromatic carbocycles. The molecule has 1 aromatic heterocycles. The third-order valence-corrected chi connectivity index (χ3v) is 3.52. The fourth-order valence-corrected chi connectivity index (χ4v) is 2.51. The predicted molar refractivity (Wildman–Crippen MR) is 67.5 cm³/mol. The fraction of sp³-hybridized carbons (Fsp3) is 0.333. The van der Waals surface area contributed by atoms with Crippen molar-refractivity contribution in [3.63, 3.8) is 0 Å². The van der Waals surface area contributed by atoms with E-state index in [4.69, 9.17) is 0 Å². The summed E-state index contributed by atoms with van der Waals surface area (Å²) < 4.78 is 2.26. The first kappa shape index (κ1) is 10.6. The van der Waals surface area contributed by atoms with Crippen molar-refractivity contribution in [3.05, 3.63) is 30.0 Å². The molecule has 0 aliphatic rings. The van der Waals surface area contributed by atoms with E-state index >= 15 is 0 Å². The zero-order chi connectivity index (χ0) is 10.8. The summed E-state index contributed by atoms with van der Waals surface area (Å²) in [4.78, 5) is 1.35. The maximum atomic E-state index is 3.20. The maximum absolute atomic E-state index is 3.20. The van der Waals surface area contributed by atoms with Gasteiger partial charge >= 0.3 is 0 Å². The first-order valence-electron chi connectivity index (χ1n) is 5.04. The summed E-state index contributed by atoms with van der Waals surface area (Å²) in [5.74, 6) is 0. The molecule has 0 amide bonds. The zero-order valence-electron chi connectivity index (χ0n) is 9.37. The summed E-state index contributed by atoms with van der Waals surface area (Å²) in [6, 6.07) is 8.75. The molecule has 3 heteroatoms. The Balaban J connectivity index is 2.64. The van der Waals surface area contributed by atoms with Crippen molar-refractivity contribution in [1.29, 1.82) is 0 Å². The average Bonchev–Trinajstić information content (AvgIpc) is 2.57. The molecule has 15 heavy (non-hydrogen) atoms. The van der Waals surface area contributed by atoms with Crippen LogP contribution in [0.15, 0.2) is 29.2 Å². The zero-order valence-corrected chi connectivity index (χ0v) is 10.2. The number of aryl methyl sites for hydroxylation is 1. The smallest absolute Gasteiger partial charge is 0.0491 e. The number of thioether (sulfide) groups is 1. The maximum Gasteiger partial charge on any atom is 0.0491 e. The number of aromatic nitrogens is 1. The van der Waals surface area contributed by atoms with Crippen LogP contribution in [0.25, 0.3) is 10.9 Å². The molecule has 0 radical (unpaired) electrons. The lowest BCUT2D eigenvalue weighted by molar-refractivity contribution is 0.745.